The second-order valence-corrected chi connectivity index (χ2v) is 2.28. The molecule has 3 nitrogen and oxygen atoms in total. The summed E-state index contributed by atoms with van der Waals surface area (Å²) in [4.78, 5) is 10.8. The molecule has 0 radical (unpaired) electrons. The second kappa shape index (κ2) is 8.56. The number of halogens is 1. The van der Waals surface area contributed by atoms with Crippen molar-refractivity contribution in [3.8, 4) is 0 Å². The van der Waals surface area contributed by atoms with E-state index in [9.17, 15) is 4.79 Å². The van der Waals surface area contributed by atoms with Crippen LogP contribution >= 0.6 is 12.4 Å². The number of rotatable bonds is 5. The van der Waals surface area contributed by atoms with Gasteiger partial charge in [0.25, 0.3) is 0 Å². The maximum absolute atomic E-state index is 10.8. The van der Waals surface area contributed by atoms with Crippen LogP contribution in [0.4, 0.5) is 0 Å². The second-order valence-electron chi connectivity index (χ2n) is 2.28. The quantitative estimate of drug-likeness (QED) is 0.404. The molecule has 12 heavy (non-hydrogen) atoms. The zero-order valence-electron chi connectivity index (χ0n) is 7.50. The van der Waals surface area contributed by atoms with Crippen molar-refractivity contribution in [3.05, 3.63) is 12.7 Å². The molecule has 0 aliphatic rings. The van der Waals surface area contributed by atoms with Crippen LogP contribution < -0.4 is 5.32 Å². The summed E-state index contributed by atoms with van der Waals surface area (Å²) in [5.74, 6) is -0.228. The summed E-state index contributed by atoms with van der Waals surface area (Å²) < 4.78 is 4.52. The van der Waals surface area contributed by atoms with E-state index in [-0.39, 0.29) is 24.4 Å². The minimum Gasteiger partial charge on any atom is -0.468 e. The first-order chi connectivity index (χ1) is 5.22. The molecule has 0 heterocycles. The summed E-state index contributed by atoms with van der Waals surface area (Å²) in [6, 6.07) is -0.222. The summed E-state index contributed by atoms with van der Waals surface area (Å²) in [7, 11) is 1.38. The highest BCUT2D eigenvalue weighted by Crippen LogP contribution is 1.86. The molecule has 72 valence electrons. The Kier molecular flexibility index (Phi) is 9.99. The Balaban J connectivity index is 0. The fourth-order valence-electron chi connectivity index (χ4n) is 0.662. The minimum atomic E-state index is -0.228. The highest BCUT2D eigenvalue weighted by Gasteiger charge is 2.10. The highest BCUT2D eigenvalue weighted by molar-refractivity contribution is 5.85. The van der Waals surface area contributed by atoms with Gasteiger partial charge in [0.2, 0.25) is 0 Å². The number of ether oxygens (including phenoxy) is 1. The molecule has 1 N–H and O–H groups in total. The van der Waals surface area contributed by atoms with Crippen LogP contribution in [0.5, 0.6) is 0 Å². The van der Waals surface area contributed by atoms with E-state index in [0.717, 1.165) is 13.0 Å². The van der Waals surface area contributed by atoms with Crippen molar-refractivity contribution in [2.45, 2.75) is 19.4 Å². The third-order valence-corrected chi connectivity index (χ3v) is 1.35. The van der Waals surface area contributed by atoms with Crippen LogP contribution in [-0.2, 0) is 9.53 Å². The van der Waals surface area contributed by atoms with Gasteiger partial charge in [0.15, 0.2) is 0 Å². The van der Waals surface area contributed by atoms with Gasteiger partial charge in [-0.15, -0.1) is 19.0 Å². The normalized spacial score (nSPS) is 11.2. The van der Waals surface area contributed by atoms with Crippen molar-refractivity contribution < 1.29 is 9.53 Å². The van der Waals surface area contributed by atoms with Gasteiger partial charge in [0.05, 0.1) is 7.11 Å². The van der Waals surface area contributed by atoms with E-state index in [0.29, 0.717) is 0 Å². The van der Waals surface area contributed by atoms with Gasteiger partial charge in [-0.25, -0.2) is 0 Å². The molecule has 0 aromatic heterocycles. The Labute approximate surface area is 79.6 Å². The molecule has 0 aliphatic carbocycles. The molecule has 1 unspecified atom stereocenters. The van der Waals surface area contributed by atoms with Gasteiger partial charge in [-0.05, 0) is 19.9 Å². The Morgan fingerprint density at radius 3 is 2.75 bits per heavy atom. The smallest absolute Gasteiger partial charge is 0.322 e. The SMILES string of the molecule is C=CCCNC(C)C(=O)OC.Cl. The molecule has 0 aromatic carbocycles. The van der Waals surface area contributed by atoms with Crippen molar-refractivity contribution in [1.82, 2.24) is 5.32 Å². The third kappa shape index (κ3) is 6.19. The van der Waals surface area contributed by atoms with E-state index in [2.05, 4.69) is 16.6 Å². The fourth-order valence-corrected chi connectivity index (χ4v) is 0.662. The van der Waals surface area contributed by atoms with Crippen LogP contribution in [0.15, 0.2) is 12.7 Å². The molecule has 0 saturated heterocycles. The summed E-state index contributed by atoms with van der Waals surface area (Å²) >= 11 is 0. The van der Waals surface area contributed by atoms with Crippen LogP contribution in [0, 0.1) is 0 Å². The zero-order valence-corrected chi connectivity index (χ0v) is 8.32. The average molecular weight is 194 g/mol. The van der Waals surface area contributed by atoms with Gasteiger partial charge >= 0.3 is 5.97 Å². The number of esters is 1. The lowest BCUT2D eigenvalue weighted by Gasteiger charge is -2.09. The Morgan fingerprint density at radius 2 is 2.33 bits per heavy atom. The maximum Gasteiger partial charge on any atom is 0.322 e. The standard InChI is InChI=1S/C8H15NO2.ClH/c1-4-5-6-9-7(2)8(10)11-3;/h4,7,9H,1,5-6H2,2-3H3;1H. The number of hydrogen-bond donors (Lipinski definition) is 1. The van der Waals surface area contributed by atoms with Crippen molar-refractivity contribution in [1.29, 1.82) is 0 Å². The molecule has 0 fully saturated rings. The fraction of sp³-hybridized carbons (Fsp3) is 0.625. The van der Waals surface area contributed by atoms with E-state index in [1.165, 1.54) is 7.11 Å². The van der Waals surface area contributed by atoms with Crippen molar-refractivity contribution >= 4 is 18.4 Å². The topological polar surface area (TPSA) is 38.3 Å². The molecular formula is C8H16ClNO2. The zero-order chi connectivity index (χ0) is 8.69. The van der Waals surface area contributed by atoms with Gasteiger partial charge in [0, 0.05) is 0 Å². The maximum atomic E-state index is 10.8. The molecule has 1 atom stereocenters. The number of carbonyl (C=O) groups is 1. The number of hydrogen-bond acceptors (Lipinski definition) is 3. The first-order valence-corrected chi connectivity index (χ1v) is 3.64. The first-order valence-electron chi connectivity index (χ1n) is 3.64. The largest absolute Gasteiger partial charge is 0.468 e. The lowest BCUT2D eigenvalue weighted by Crippen LogP contribution is -2.35. The van der Waals surface area contributed by atoms with E-state index in [1.807, 2.05) is 0 Å². The van der Waals surface area contributed by atoms with Crippen molar-refractivity contribution in [3.63, 3.8) is 0 Å². The van der Waals surface area contributed by atoms with E-state index in [4.69, 9.17) is 0 Å². The molecule has 0 aromatic rings. The van der Waals surface area contributed by atoms with Gasteiger partial charge in [-0.1, -0.05) is 6.08 Å². The monoisotopic (exact) mass is 193 g/mol. The summed E-state index contributed by atoms with van der Waals surface area (Å²) in [6.07, 6.45) is 2.67. The van der Waals surface area contributed by atoms with Crippen LogP contribution in [-0.4, -0.2) is 25.7 Å². The Hall–Kier alpha value is -0.540. The Bertz CT molecular complexity index is 139. The lowest BCUT2D eigenvalue weighted by molar-refractivity contribution is -0.142. The average Bonchev–Trinajstić information content (AvgIpc) is 2.03. The number of nitrogens with one attached hydrogen (secondary N) is 1. The Morgan fingerprint density at radius 1 is 1.75 bits per heavy atom. The molecule has 4 heteroatoms. The molecule has 0 saturated carbocycles. The predicted octanol–water partition coefficient (Wildman–Crippen LogP) is 1.14. The number of methoxy groups -OCH3 is 1. The van der Waals surface area contributed by atoms with Gasteiger partial charge in [-0.3, -0.25) is 4.79 Å². The molecule has 0 amide bonds. The van der Waals surface area contributed by atoms with E-state index < -0.39 is 0 Å². The van der Waals surface area contributed by atoms with E-state index in [1.54, 1.807) is 13.0 Å². The summed E-state index contributed by atoms with van der Waals surface area (Å²) in [5, 5.41) is 2.99. The van der Waals surface area contributed by atoms with E-state index >= 15 is 0 Å². The van der Waals surface area contributed by atoms with Gasteiger partial charge in [-0.2, -0.15) is 0 Å². The van der Waals surface area contributed by atoms with Crippen LogP contribution in [0.3, 0.4) is 0 Å². The summed E-state index contributed by atoms with van der Waals surface area (Å²) in [6.45, 7) is 6.10. The minimum absolute atomic E-state index is 0. The third-order valence-electron chi connectivity index (χ3n) is 1.35. The van der Waals surface area contributed by atoms with Gasteiger partial charge < -0.3 is 10.1 Å². The molecule has 0 bridgehead atoms. The van der Waals surface area contributed by atoms with Crippen molar-refractivity contribution in [2.75, 3.05) is 13.7 Å². The first kappa shape index (κ1) is 14.0. The molecular weight excluding hydrogens is 178 g/mol. The summed E-state index contributed by atoms with van der Waals surface area (Å²) in [5.41, 5.74) is 0. The van der Waals surface area contributed by atoms with Crippen LogP contribution in [0.1, 0.15) is 13.3 Å². The van der Waals surface area contributed by atoms with Crippen molar-refractivity contribution in [2.24, 2.45) is 0 Å². The lowest BCUT2D eigenvalue weighted by atomic mass is 10.3. The van der Waals surface area contributed by atoms with Crippen LogP contribution in [0.25, 0.3) is 0 Å². The van der Waals surface area contributed by atoms with Crippen LogP contribution in [0.2, 0.25) is 0 Å². The predicted molar refractivity (Wildman–Crippen MR) is 51.5 cm³/mol. The number of carbonyl (C=O) groups excluding carboxylic acids is 1. The highest BCUT2D eigenvalue weighted by atomic mass is 35.5. The molecule has 0 rings (SSSR count). The van der Waals surface area contributed by atoms with Gasteiger partial charge in [0.1, 0.15) is 6.04 Å². The molecule has 0 aliphatic heterocycles. The molecule has 0 spiro atoms.